The fourth-order valence-corrected chi connectivity index (χ4v) is 4.97. The van der Waals surface area contributed by atoms with Crippen LogP contribution in [0.15, 0.2) is 42.5 Å². The number of carbonyl (C=O) groups is 2. The summed E-state index contributed by atoms with van der Waals surface area (Å²) in [5.74, 6) is -0.555. The second kappa shape index (κ2) is 8.97. The summed E-state index contributed by atoms with van der Waals surface area (Å²) >= 11 is 0. The van der Waals surface area contributed by atoms with Crippen molar-refractivity contribution < 1.29 is 33.0 Å². The van der Waals surface area contributed by atoms with E-state index in [-0.39, 0.29) is 35.3 Å². The number of alkyl halides is 2. The van der Waals surface area contributed by atoms with Crippen LogP contribution >= 0.6 is 0 Å². The SMILES string of the molecule is CC(=O)NCC(O)Cn1c(C(C)(C)C)cc2cc(NC(=O)C3(c4ccc5c(c4)OC(F)(F)O5)CC3)ccc21. The summed E-state index contributed by atoms with van der Waals surface area (Å²) < 4.78 is 38.0. The number of carbonyl (C=O) groups excluding carboxylic acids is 2. The molecule has 2 amide bonds. The number of aliphatic hydroxyl groups is 1. The molecule has 2 heterocycles. The molecule has 1 aliphatic carbocycles. The highest BCUT2D eigenvalue weighted by Gasteiger charge is 2.52. The number of ether oxygens (including phenoxy) is 2. The molecule has 2 aliphatic rings. The quantitative estimate of drug-likeness (QED) is 0.422. The number of nitrogens with one attached hydrogen (secondary N) is 2. The summed E-state index contributed by atoms with van der Waals surface area (Å²) in [5.41, 5.74) is 2.08. The van der Waals surface area contributed by atoms with Crippen LogP contribution in [-0.4, -0.2) is 40.4 Å². The zero-order valence-corrected chi connectivity index (χ0v) is 21.7. The maximum atomic E-state index is 13.4. The van der Waals surface area contributed by atoms with E-state index in [4.69, 9.17) is 0 Å². The number of nitrogens with zero attached hydrogens (tertiary/aromatic N) is 1. The van der Waals surface area contributed by atoms with E-state index in [9.17, 15) is 23.5 Å². The van der Waals surface area contributed by atoms with Crippen molar-refractivity contribution in [1.29, 1.82) is 0 Å². The van der Waals surface area contributed by atoms with E-state index in [1.807, 2.05) is 22.8 Å². The molecule has 10 heteroatoms. The van der Waals surface area contributed by atoms with Crippen LogP contribution in [-0.2, 0) is 27.0 Å². The summed E-state index contributed by atoms with van der Waals surface area (Å²) in [7, 11) is 0. The lowest BCUT2D eigenvalue weighted by molar-refractivity contribution is -0.286. The molecule has 1 aromatic heterocycles. The Bertz CT molecular complexity index is 1420. The lowest BCUT2D eigenvalue weighted by Crippen LogP contribution is -2.34. The number of rotatable bonds is 7. The molecule has 3 aromatic rings. The van der Waals surface area contributed by atoms with E-state index in [1.54, 1.807) is 12.1 Å². The molecule has 1 saturated carbocycles. The number of benzene rings is 2. The minimum absolute atomic E-state index is 0.0539. The number of halogens is 2. The van der Waals surface area contributed by atoms with E-state index >= 15 is 0 Å². The first-order valence-corrected chi connectivity index (χ1v) is 12.6. The summed E-state index contributed by atoms with van der Waals surface area (Å²) in [6.07, 6.45) is -3.30. The van der Waals surface area contributed by atoms with Crippen molar-refractivity contribution in [3.8, 4) is 11.5 Å². The second-order valence-electron chi connectivity index (χ2n) is 11.1. The van der Waals surface area contributed by atoms with Crippen molar-refractivity contribution in [2.45, 2.75) is 70.3 Å². The van der Waals surface area contributed by atoms with Gasteiger partial charge in [0.2, 0.25) is 11.8 Å². The van der Waals surface area contributed by atoms with Crippen LogP contribution in [0.1, 0.15) is 51.8 Å². The zero-order valence-electron chi connectivity index (χ0n) is 21.7. The summed E-state index contributed by atoms with van der Waals surface area (Å²) in [6.45, 7) is 8.10. The first-order chi connectivity index (χ1) is 17.8. The van der Waals surface area contributed by atoms with Gasteiger partial charge in [0.1, 0.15) is 0 Å². The lowest BCUT2D eigenvalue weighted by atomic mass is 9.92. The molecule has 1 fully saturated rings. The molecule has 0 saturated heterocycles. The van der Waals surface area contributed by atoms with Crippen molar-refractivity contribution in [3.63, 3.8) is 0 Å². The zero-order chi connectivity index (χ0) is 27.5. The molecule has 0 bridgehead atoms. The van der Waals surface area contributed by atoms with Crippen LogP contribution in [0.5, 0.6) is 11.5 Å². The highest BCUT2D eigenvalue weighted by molar-refractivity contribution is 6.02. The minimum atomic E-state index is -3.71. The van der Waals surface area contributed by atoms with Gasteiger partial charge in [-0.2, -0.15) is 0 Å². The lowest BCUT2D eigenvalue weighted by Gasteiger charge is -2.24. The van der Waals surface area contributed by atoms with E-state index in [2.05, 4.69) is 40.9 Å². The van der Waals surface area contributed by atoms with Crippen LogP contribution in [0, 0.1) is 0 Å². The fraction of sp³-hybridized carbons (Fsp3) is 0.429. The first-order valence-electron chi connectivity index (χ1n) is 12.6. The highest BCUT2D eigenvalue weighted by Crippen LogP contribution is 2.52. The van der Waals surface area contributed by atoms with E-state index in [0.717, 1.165) is 16.6 Å². The number of hydrogen-bond donors (Lipinski definition) is 3. The Balaban J connectivity index is 1.38. The summed E-state index contributed by atoms with van der Waals surface area (Å²) in [6, 6.07) is 12.1. The average molecular weight is 528 g/mol. The smallest absolute Gasteiger partial charge is 0.395 e. The Morgan fingerprint density at radius 2 is 1.79 bits per heavy atom. The van der Waals surface area contributed by atoms with Gasteiger partial charge >= 0.3 is 6.29 Å². The van der Waals surface area contributed by atoms with Crippen molar-refractivity contribution in [1.82, 2.24) is 9.88 Å². The van der Waals surface area contributed by atoms with Crippen molar-refractivity contribution in [2.24, 2.45) is 0 Å². The Morgan fingerprint density at radius 1 is 1.08 bits per heavy atom. The molecule has 1 unspecified atom stereocenters. The molecule has 1 atom stereocenters. The third-order valence-electron chi connectivity index (χ3n) is 7.05. The van der Waals surface area contributed by atoms with Gasteiger partial charge in [0.05, 0.1) is 18.1 Å². The molecule has 38 heavy (non-hydrogen) atoms. The Morgan fingerprint density at radius 3 is 2.45 bits per heavy atom. The number of anilines is 1. The molecular formula is C28H31F2N3O5. The molecule has 3 N–H and O–H groups in total. The second-order valence-corrected chi connectivity index (χ2v) is 11.1. The van der Waals surface area contributed by atoms with Gasteiger partial charge in [0.25, 0.3) is 0 Å². The number of aliphatic hydroxyl groups excluding tert-OH is 1. The highest BCUT2D eigenvalue weighted by atomic mass is 19.3. The molecule has 5 rings (SSSR count). The van der Waals surface area contributed by atoms with Crippen molar-refractivity contribution >= 4 is 28.4 Å². The Labute approximate surface area is 218 Å². The van der Waals surface area contributed by atoms with Gasteiger partial charge in [0, 0.05) is 41.2 Å². The Hall–Kier alpha value is -3.66. The third-order valence-corrected chi connectivity index (χ3v) is 7.05. The normalized spacial score (nSPS) is 17.8. The van der Waals surface area contributed by atoms with Crippen LogP contribution in [0.2, 0.25) is 0 Å². The van der Waals surface area contributed by atoms with Gasteiger partial charge in [-0.25, -0.2) is 0 Å². The predicted octanol–water partition coefficient (Wildman–Crippen LogP) is 4.43. The molecule has 0 spiro atoms. The van der Waals surface area contributed by atoms with E-state index in [1.165, 1.54) is 19.1 Å². The maximum absolute atomic E-state index is 13.4. The van der Waals surface area contributed by atoms with Crippen LogP contribution < -0.4 is 20.1 Å². The topological polar surface area (TPSA) is 102 Å². The first kappa shape index (κ1) is 26.0. The van der Waals surface area contributed by atoms with Crippen LogP contribution in [0.25, 0.3) is 10.9 Å². The molecule has 0 radical (unpaired) electrons. The van der Waals surface area contributed by atoms with Crippen LogP contribution in [0.4, 0.5) is 14.5 Å². The number of hydrogen-bond acceptors (Lipinski definition) is 5. The minimum Gasteiger partial charge on any atom is -0.395 e. The molecule has 1 aliphatic heterocycles. The van der Waals surface area contributed by atoms with Crippen molar-refractivity contribution in [3.05, 3.63) is 53.7 Å². The largest absolute Gasteiger partial charge is 0.586 e. The number of fused-ring (bicyclic) bond motifs is 2. The molecular weight excluding hydrogens is 496 g/mol. The van der Waals surface area contributed by atoms with Gasteiger partial charge < -0.3 is 29.8 Å². The van der Waals surface area contributed by atoms with Gasteiger partial charge in [-0.15, -0.1) is 8.78 Å². The van der Waals surface area contributed by atoms with E-state index < -0.39 is 17.8 Å². The number of amides is 2. The standard InChI is InChI=1S/C28H31F2N3O5/c1-16(34)31-14-20(35)15-33-21-7-6-19(11-17(21)12-24(33)26(2,3)4)32-25(36)27(9-10-27)18-5-8-22-23(13-18)38-28(29,30)37-22/h5-8,11-13,20,35H,9-10,14-15H2,1-4H3,(H,31,34)(H,32,36). The average Bonchev–Trinajstić information content (AvgIpc) is 3.46. The monoisotopic (exact) mass is 527 g/mol. The molecule has 8 nitrogen and oxygen atoms in total. The van der Waals surface area contributed by atoms with Gasteiger partial charge in [-0.3, -0.25) is 9.59 Å². The Kier molecular flexibility index (Phi) is 6.13. The summed E-state index contributed by atoms with van der Waals surface area (Å²) in [4.78, 5) is 24.6. The predicted molar refractivity (Wildman–Crippen MR) is 138 cm³/mol. The maximum Gasteiger partial charge on any atom is 0.586 e. The van der Waals surface area contributed by atoms with Gasteiger partial charge in [-0.05, 0) is 54.8 Å². The van der Waals surface area contributed by atoms with Gasteiger partial charge in [-0.1, -0.05) is 26.8 Å². The molecule has 202 valence electrons. The van der Waals surface area contributed by atoms with Crippen molar-refractivity contribution in [2.75, 3.05) is 11.9 Å². The number of aromatic nitrogens is 1. The summed E-state index contributed by atoms with van der Waals surface area (Å²) in [5, 5.41) is 17.1. The van der Waals surface area contributed by atoms with Crippen LogP contribution in [0.3, 0.4) is 0 Å². The van der Waals surface area contributed by atoms with Gasteiger partial charge in [0.15, 0.2) is 11.5 Å². The third kappa shape index (κ3) is 4.92. The van der Waals surface area contributed by atoms with E-state index in [0.29, 0.717) is 30.6 Å². The fourth-order valence-electron chi connectivity index (χ4n) is 4.97. The molecule has 2 aromatic carbocycles.